The lowest BCUT2D eigenvalue weighted by Gasteiger charge is -2.31. The van der Waals surface area contributed by atoms with Crippen molar-refractivity contribution < 1.29 is 9.53 Å². The van der Waals surface area contributed by atoms with Crippen molar-refractivity contribution in [3.63, 3.8) is 0 Å². The smallest absolute Gasteiger partial charge is 0.270 e. The van der Waals surface area contributed by atoms with Gasteiger partial charge in [0.1, 0.15) is 11.4 Å². The number of hydrogen-bond acceptors (Lipinski definition) is 2. The van der Waals surface area contributed by atoms with E-state index in [0.717, 1.165) is 31.7 Å². The molecule has 2 heterocycles. The van der Waals surface area contributed by atoms with Gasteiger partial charge in [-0.1, -0.05) is 29.8 Å². The molecule has 1 aliphatic rings. The van der Waals surface area contributed by atoms with Gasteiger partial charge in [-0.3, -0.25) is 4.79 Å². The third kappa shape index (κ3) is 3.63. The average Bonchev–Trinajstić information content (AvgIpc) is 3.00. The number of likely N-dealkylation sites (tertiary alicyclic amines) is 1. The number of piperidine rings is 1. The molecule has 4 nitrogen and oxygen atoms in total. The van der Waals surface area contributed by atoms with Crippen LogP contribution in [0.15, 0.2) is 42.6 Å². The van der Waals surface area contributed by atoms with Gasteiger partial charge >= 0.3 is 0 Å². The molecule has 0 spiro atoms. The summed E-state index contributed by atoms with van der Waals surface area (Å²) in [7, 11) is 0. The average molecular weight is 319 g/mol. The highest BCUT2D eigenvalue weighted by molar-refractivity contribution is 6.30. The lowest BCUT2D eigenvalue weighted by atomic mass is 9.97. The molecule has 1 aromatic heterocycles. The molecule has 0 atom stereocenters. The fourth-order valence-corrected chi connectivity index (χ4v) is 2.86. The predicted octanol–water partition coefficient (Wildman–Crippen LogP) is 3.60. The maximum Gasteiger partial charge on any atom is 0.270 e. The summed E-state index contributed by atoms with van der Waals surface area (Å²) < 4.78 is 5.80. The molecule has 0 unspecified atom stereocenters. The molecule has 1 saturated heterocycles. The lowest BCUT2D eigenvalue weighted by Crippen LogP contribution is -2.39. The van der Waals surface area contributed by atoms with Crippen LogP contribution in [0, 0.1) is 5.92 Å². The molecule has 1 N–H and O–H groups in total. The van der Waals surface area contributed by atoms with Crippen LogP contribution in [0.5, 0.6) is 5.75 Å². The fraction of sp³-hybridized carbons (Fsp3) is 0.353. The SMILES string of the molecule is O=C(c1cc(Cl)c[nH]1)N1CCC(COc2ccccc2)CC1. The summed E-state index contributed by atoms with van der Waals surface area (Å²) in [6.07, 6.45) is 3.56. The standard InChI is InChI=1S/C17H19ClN2O2/c18-14-10-16(19-11-14)17(21)20-8-6-13(7-9-20)12-22-15-4-2-1-3-5-15/h1-5,10-11,13,19H,6-9,12H2. The van der Waals surface area contributed by atoms with E-state index in [0.29, 0.717) is 23.2 Å². The lowest BCUT2D eigenvalue weighted by molar-refractivity contribution is 0.0656. The van der Waals surface area contributed by atoms with E-state index in [9.17, 15) is 4.79 Å². The Morgan fingerprint density at radius 3 is 2.64 bits per heavy atom. The zero-order valence-electron chi connectivity index (χ0n) is 12.3. The van der Waals surface area contributed by atoms with E-state index in [-0.39, 0.29) is 5.91 Å². The molecule has 116 valence electrons. The van der Waals surface area contributed by atoms with Gasteiger partial charge in [0.2, 0.25) is 0 Å². The molecule has 0 aliphatic carbocycles. The number of aromatic amines is 1. The molecule has 1 fully saturated rings. The summed E-state index contributed by atoms with van der Waals surface area (Å²) in [6, 6.07) is 11.5. The Morgan fingerprint density at radius 1 is 1.27 bits per heavy atom. The molecule has 2 aromatic rings. The third-order valence-corrected chi connectivity index (χ3v) is 4.23. The number of aromatic nitrogens is 1. The van der Waals surface area contributed by atoms with Gasteiger partial charge in [0.25, 0.3) is 5.91 Å². The number of carbonyl (C=O) groups excluding carboxylic acids is 1. The number of nitrogens with zero attached hydrogens (tertiary/aromatic N) is 1. The molecule has 1 amide bonds. The van der Waals surface area contributed by atoms with E-state index < -0.39 is 0 Å². The number of rotatable bonds is 4. The van der Waals surface area contributed by atoms with Gasteiger partial charge in [0.05, 0.1) is 11.6 Å². The number of carbonyl (C=O) groups is 1. The summed E-state index contributed by atoms with van der Waals surface area (Å²) in [6.45, 7) is 2.23. The molecule has 22 heavy (non-hydrogen) atoms. The summed E-state index contributed by atoms with van der Waals surface area (Å²) >= 11 is 5.85. The zero-order valence-corrected chi connectivity index (χ0v) is 13.1. The molecule has 0 radical (unpaired) electrons. The zero-order chi connectivity index (χ0) is 15.4. The van der Waals surface area contributed by atoms with Crippen LogP contribution in [0.3, 0.4) is 0 Å². The van der Waals surface area contributed by atoms with E-state index in [1.165, 1.54) is 0 Å². The van der Waals surface area contributed by atoms with Crippen molar-refractivity contribution >= 4 is 17.5 Å². The maximum absolute atomic E-state index is 12.3. The van der Waals surface area contributed by atoms with Crippen LogP contribution in [-0.2, 0) is 0 Å². The van der Waals surface area contributed by atoms with E-state index in [1.54, 1.807) is 12.3 Å². The van der Waals surface area contributed by atoms with Crippen LogP contribution in [0.4, 0.5) is 0 Å². The van der Waals surface area contributed by atoms with Crippen LogP contribution in [-0.4, -0.2) is 35.5 Å². The molecular formula is C17H19ClN2O2. The van der Waals surface area contributed by atoms with Crippen LogP contribution >= 0.6 is 11.6 Å². The highest BCUT2D eigenvalue weighted by Gasteiger charge is 2.24. The Balaban J connectivity index is 1.47. The molecule has 0 bridgehead atoms. The number of H-pyrrole nitrogens is 1. The molecule has 1 aliphatic heterocycles. The Kier molecular flexibility index (Phi) is 4.68. The Labute approximate surface area is 135 Å². The molecular weight excluding hydrogens is 300 g/mol. The topological polar surface area (TPSA) is 45.3 Å². The van der Waals surface area contributed by atoms with Crippen LogP contribution < -0.4 is 4.74 Å². The first-order valence-electron chi connectivity index (χ1n) is 7.53. The van der Waals surface area contributed by atoms with Crippen molar-refractivity contribution in [3.05, 3.63) is 53.3 Å². The van der Waals surface area contributed by atoms with Crippen molar-refractivity contribution in [2.75, 3.05) is 19.7 Å². The first-order chi connectivity index (χ1) is 10.7. The second-order valence-electron chi connectivity index (χ2n) is 5.59. The summed E-state index contributed by atoms with van der Waals surface area (Å²) in [5, 5.41) is 0.564. The van der Waals surface area contributed by atoms with E-state index in [1.807, 2.05) is 35.2 Å². The minimum atomic E-state index is 0.0225. The molecule has 3 rings (SSSR count). The van der Waals surface area contributed by atoms with Gasteiger partial charge in [-0.2, -0.15) is 0 Å². The van der Waals surface area contributed by atoms with Crippen LogP contribution in [0.2, 0.25) is 5.02 Å². The molecule has 1 aromatic carbocycles. The van der Waals surface area contributed by atoms with Gasteiger partial charge in [0, 0.05) is 19.3 Å². The highest BCUT2D eigenvalue weighted by atomic mass is 35.5. The summed E-state index contributed by atoms with van der Waals surface area (Å²) in [4.78, 5) is 17.1. The first kappa shape index (κ1) is 15.0. The highest BCUT2D eigenvalue weighted by Crippen LogP contribution is 2.21. The Hall–Kier alpha value is -1.94. The van der Waals surface area contributed by atoms with E-state index in [2.05, 4.69) is 4.98 Å². The van der Waals surface area contributed by atoms with Crippen molar-refractivity contribution in [1.82, 2.24) is 9.88 Å². The minimum Gasteiger partial charge on any atom is -0.493 e. The number of para-hydroxylation sites is 1. The van der Waals surface area contributed by atoms with Gasteiger partial charge in [-0.25, -0.2) is 0 Å². The monoisotopic (exact) mass is 318 g/mol. The second kappa shape index (κ2) is 6.88. The maximum atomic E-state index is 12.3. The van der Waals surface area contributed by atoms with Gasteiger partial charge in [-0.05, 0) is 37.0 Å². The van der Waals surface area contributed by atoms with Crippen LogP contribution in [0.25, 0.3) is 0 Å². The number of amides is 1. The van der Waals surface area contributed by atoms with Crippen molar-refractivity contribution in [2.24, 2.45) is 5.92 Å². The predicted molar refractivity (Wildman–Crippen MR) is 86.4 cm³/mol. The van der Waals surface area contributed by atoms with Crippen molar-refractivity contribution in [1.29, 1.82) is 0 Å². The Morgan fingerprint density at radius 2 is 2.00 bits per heavy atom. The summed E-state index contributed by atoms with van der Waals surface area (Å²) in [5.41, 5.74) is 0.559. The molecule has 5 heteroatoms. The number of hydrogen-bond donors (Lipinski definition) is 1. The number of benzene rings is 1. The Bertz CT molecular complexity index is 619. The third-order valence-electron chi connectivity index (χ3n) is 4.01. The largest absolute Gasteiger partial charge is 0.493 e. The first-order valence-corrected chi connectivity index (χ1v) is 7.91. The summed E-state index contributed by atoms with van der Waals surface area (Å²) in [5.74, 6) is 1.42. The van der Waals surface area contributed by atoms with E-state index in [4.69, 9.17) is 16.3 Å². The van der Waals surface area contributed by atoms with Crippen molar-refractivity contribution in [2.45, 2.75) is 12.8 Å². The quantitative estimate of drug-likeness (QED) is 0.936. The van der Waals surface area contributed by atoms with Gasteiger partial charge < -0.3 is 14.6 Å². The second-order valence-corrected chi connectivity index (χ2v) is 6.03. The van der Waals surface area contributed by atoms with Crippen molar-refractivity contribution in [3.8, 4) is 5.75 Å². The number of nitrogens with one attached hydrogen (secondary N) is 1. The normalized spacial score (nSPS) is 15.8. The fourth-order valence-electron chi connectivity index (χ4n) is 2.70. The minimum absolute atomic E-state index is 0.0225. The van der Waals surface area contributed by atoms with Gasteiger partial charge in [-0.15, -0.1) is 0 Å². The van der Waals surface area contributed by atoms with Crippen LogP contribution in [0.1, 0.15) is 23.3 Å². The number of halogens is 1. The number of ether oxygens (including phenoxy) is 1. The van der Waals surface area contributed by atoms with E-state index >= 15 is 0 Å². The molecule has 0 saturated carbocycles. The van der Waals surface area contributed by atoms with Gasteiger partial charge in [0.15, 0.2) is 0 Å².